The lowest BCUT2D eigenvalue weighted by Gasteiger charge is -2.34. The van der Waals surface area contributed by atoms with Gasteiger partial charge in [-0.15, -0.1) is 0 Å². The number of nitro benzene ring substituents is 2. The summed E-state index contributed by atoms with van der Waals surface area (Å²) in [5, 5.41) is 50.5. The van der Waals surface area contributed by atoms with Crippen molar-refractivity contribution in [1.82, 2.24) is 10.1 Å². The number of carbonyl (C=O) groups excluding carboxylic acids is 4. The van der Waals surface area contributed by atoms with Gasteiger partial charge in [0, 0.05) is 72.5 Å². The average molecular weight is 957 g/mol. The normalized spacial score (nSPS) is 16.4. The SMILES string of the molecule is CCOC(=O)C1=C(CSCCN)N(OC(=O)/C=C/C(=O)ON2C(C)=C([N+](=O)[O-])C(c3cccc([N+](=O)[O-])c3)C(C(=O)OCC)=C2CSCCN)C(C)=C([N+](=O)[O-])C1c1cccc([N+](=O)[O-])c1. The highest BCUT2D eigenvalue weighted by atomic mass is 32.2. The molecule has 0 aromatic heterocycles. The molecule has 2 aromatic rings. The van der Waals surface area contributed by atoms with E-state index in [9.17, 15) is 59.6 Å². The molecule has 24 nitrogen and oxygen atoms in total. The lowest BCUT2D eigenvalue weighted by molar-refractivity contribution is -0.433. The predicted molar refractivity (Wildman–Crippen MR) is 236 cm³/mol. The minimum Gasteiger partial charge on any atom is -0.463 e. The largest absolute Gasteiger partial charge is 0.463 e. The van der Waals surface area contributed by atoms with Crippen LogP contribution in [0, 0.1) is 40.5 Å². The Morgan fingerprint density at radius 3 is 1.30 bits per heavy atom. The van der Waals surface area contributed by atoms with Crippen molar-refractivity contribution in [2.75, 3.05) is 49.3 Å². The fourth-order valence-electron chi connectivity index (χ4n) is 6.91. The van der Waals surface area contributed by atoms with E-state index >= 15 is 0 Å². The van der Waals surface area contributed by atoms with E-state index < -0.39 is 78.2 Å². The summed E-state index contributed by atoms with van der Waals surface area (Å²) in [7, 11) is 0. The Labute approximate surface area is 383 Å². The quantitative estimate of drug-likeness (QED) is 0.0539. The molecule has 0 fully saturated rings. The molecular weight excluding hydrogens is 913 g/mol. The van der Waals surface area contributed by atoms with Gasteiger partial charge < -0.3 is 30.6 Å². The number of ether oxygens (including phenoxy) is 2. The van der Waals surface area contributed by atoms with Crippen LogP contribution in [-0.2, 0) is 38.3 Å². The van der Waals surface area contributed by atoms with Gasteiger partial charge in [-0.2, -0.15) is 33.7 Å². The van der Waals surface area contributed by atoms with E-state index in [0.29, 0.717) is 23.7 Å². The first-order chi connectivity index (χ1) is 31.4. The molecule has 0 amide bonds. The fraction of sp³-hybridized carbons (Fsp3) is 0.350. The van der Waals surface area contributed by atoms with Crippen molar-refractivity contribution in [3.05, 3.63) is 158 Å². The zero-order valence-corrected chi connectivity index (χ0v) is 37.4. The van der Waals surface area contributed by atoms with E-state index in [1.165, 1.54) is 52.0 Å². The highest BCUT2D eigenvalue weighted by Gasteiger charge is 2.48. The molecule has 4 rings (SSSR count). The summed E-state index contributed by atoms with van der Waals surface area (Å²) < 4.78 is 10.6. The van der Waals surface area contributed by atoms with Crippen LogP contribution in [0.3, 0.4) is 0 Å². The maximum Gasteiger partial charge on any atom is 0.356 e. The van der Waals surface area contributed by atoms with Crippen molar-refractivity contribution in [3.8, 4) is 0 Å². The molecule has 2 atom stereocenters. The van der Waals surface area contributed by atoms with Gasteiger partial charge in [-0.1, -0.05) is 24.3 Å². The number of hydrogen-bond donors (Lipinski definition) is 2. The molecule has 66 heavy (non-hydrogen) atoms. The van der Waals surface area contributed by atoms with Crippen molar-refractivity contribution < 1.29 is 58.0 Å². The number of thioether (sulfide) groups is 2. The molecule has 2 unspecified atom stereocenters. The zero-order chi connectivity index (χ0) is 48.8. The Bertz CT molecular complexity index is 2290. The van der Waals surface area contributed by atoms with E-state index in [-0.39, 0.29) is 82.9 Å². The molecule has 0 spiro atoms. The summed E-state index contributed by atoms with van der Waals surface area (Å²) in [6, 6.07) is 9.72. The van der Waals surface area contributed by atoms with Gasteiger partial charge in [0.15, 0.2) is 0 Å². The van der Waals surface area contributed by atoms with Crippen molar-refractivity contribution in [3.63, 3.8) is 0 Å². The number of carbonyl (C=O) groups is 4. The molecule has 0 aliphatic carbocycles. The van der Waals surface area contributed by atoms with Crippen molar-refractivity contribution >= 4 is 58.8 Å². The molecular formula is C40H44N8O16S2. The van der Waals surface area contributed by atoms with Gasteiger partial charge in [-0.3, -0.25) is 40.5 Å². The molecule has 2 aliphatic rings. The van der Waals surface area contributed by atoms with Gasteiger partial charge >= 0.3 is 23.9 Å². The Balaban J connectivity index is 1.82. The smallest absolute Gasteiger partial charge is 0.356 e. The number of hydroxylamine groups is 4. The van der Waals surface area contributed by atoms with Gasteiger partial charge in [0.2, 0.25) is 0 Å². The third-order valence-electron chi connectivity index (χ3n) is 9.52. The summed E-state index contributed by atoms with van der Waals surface area (Å²) in [5.74, 6) is -7.66. The van der Waals surface area contributed by atoms with Crippen LogP contribution >= 0.6 is 23.5 Å². The van der Waals surface area contributed by atoms with Crippen LogP contribution in [0.5, 0.6) is 0 Å². The first-order valence-corrected chi connectivity index (χ1v) is 22.0. The van der Waals surface area contributed by atoms with E-state index in [0.717, 1.165) is 57.9 Å². The molecule has 26 heteroatoms. The maximum absolute atomic E-state index is 13.7. The molecule has 4 N–H and O–H groups in total. The average Bonchev–Trinajstić information content (AvgIpc) is 3.27. The molecule has 0 saturated carbocycles. The van der Waals surface area contributed by atoms with E-state index in [4.69, 9.17) is 30.6 Å². The number of benzene rings is 2. The number of nitrogens with zero attached hydrogens (tertiary/aromatic N) is 6. The maximum atomic E-state index is 13.7. The van der Waals surface area contributed by atoms with Crippen LogP contribution in [0.25, 0.3) is 0 Å². The van der Waals surface area contributed by atoms with Crippen molar-refractivity contribution in [1.29, 1.82) is 0 Å². The summed E-state index contributed by atoms with van der Waals surface area (Å²) in [6.07, 6.45) is 1.12. The van der Waals surface area contributed by atoms with Crippen molar-refractivity contribution in [2.45, 2.75) is 39.5 Å². The van der Waals surface area contributed by atoms with Crippen LogP contribution < -0.4 is 11.5 Å². The summed E-state index contributed by atoms with van der Waals surface area (Å²) in [6.45, 7) is 5.32. The fourth-order valence-corrected chi connectivity index (χ4v) is 8.46. The van der Waals surface area contributed by atoms with E-state index in [2.05, 4.69) is 0 Å². The first kappa shape index (κ1) is 51.5. The summed E-state index contributed by atoms with van der Waals surface area (Å²) in [5.41, 5.74) is 7.46. The van der Waals surface area contributed by atoms with Crippen LogP contribution in [0.15, 0.2) is 106 Å². The second-order valence-electron chi connectivity index (χ2n) is 13.6. The third-order valence-corrected chi connectivity index (χ3v) is 11.5. The number of nitro groups is 4. The van der Waals surface area contributed by atoms with E-state index in [1.807, 2.05) is 0 Å². The van der Waals surface area contributed by atoms with Gasteiger partial charge in [0.1, 0.15) is 23.2 Å². The second kappa shape index (κ2) is 23.7. The number of non-ortho nitro benzene ring substituents is 2. The molecule has 2 aliphatic heterocycles. The minimum atomic E-state index is -1.56. The van der Waals surface area contributed by atoms with Crippen LogP contribution in [-0.4, -0.2) is 103 Å². The number of rotatable bonds is 22. The van der Waals surface area contributed by atoms with Gasteiger partial charge in [-0.25, -0.2) is 19.2 Å². The number of esters is 2. The minimum absolute atomic E-state index is 0.0205. The lowest BCUT2D eigenvalue weighted by Crippen LogP contribution is -2.38. The van der Waals surface area contributed by atoms with Crippen molar-refractivity contribution in [2.24, 2.45) is 11.5 Å². The van der Waals surface area contributed by atoms with E-state index in [1.54, 1.807) is 0 Å². The summed E-state index contributed by atoms with van der Waals surface area (Å²) in [4.78, 5) is 112. The number of hydrogen-bond acceptors (Lipinski definition) is 22. The molecule has 2 aromatic carbocycles. The molecule has 0 bridgehead atoms. The first-order valence-electron chi connectivity index (χ1n) is 19.7. The second-order valence-corrected chi connectivity index (χ2v) is 15.8. The van der Waals surface area contributed by atoms with Crippen LogP contribution in [0.1, 0.15) is 50.7 Å². The Morgan fingerprint density at radius 1 is 0.636 bits per heavy atom. The number of allylic oxidation sites excluding steroid dienone is 4. The van der Waals surface area contributed by atoms with Gasteiger partial charge in [-0.05, 0) is 38.8 Å². The zero-order valence-electron chi connectivity index (χ0n) is 35.8. The highest BCUT2D eigenvalue weighted by molar-refractivity contribution is 7.99. The van der Waals surface area contributed by atoms with Gasteiger partial charge in [0.05, 0.1) is 55.4 Å². The number of nitrogens with two attached hydrogens (primary N) is 2. The molecule has 2 heterocycles. The standard InChI is InChI=1S/C40H44N8O16S2/c1-5-61-39(51)35-29(21-65-17-15-41)43(23(3)37(47(57)58)33(35)25-9-7-11-27(19-25)45(53)54)63-31(49)13-14-32(50)64-44-24(4)38(48(59)60)34(26-10-8-12-28(20-26)46(55)56)36(40(52)62-6-2)30(44)22-66-18-16-42/h7-14,19-20,33-34H,5-6,15-18,21-22,41-42H2,1-4H3/b14-13+. The Morgan fingerprint density at radius 2 is 1.00 bits per heavy atom. The topological polar surface area (TPSA) is 336 Å². The van der Waals surface area contributed by atoms with Gasteiger partial charge in [0.25, 0.3) is 22.8 Å². The Kier molecular flexibility index (Phi) is 18.5. The van der Waals surface area contributed by atoms with Crippen LogP contribution in [0.2, 0.25) is 0 Å². The van der Waals surface area contributed by atoms with Crippen LogP contribution in [0.4, 0.5) is 11.4 Å². The lowest BCUT2D eigenvalue weighted by atomic mass is 9.83. The molecule has 352 valence electrons. The highest BCUT2D eigenvalue weighted by Crippen LogP contribution is 2.46. The monoisotopic (exact) mass is 956 g/mol. The third kappa shape index (κ3) is 11.9. The predicted octanol–water partition coefficient (Wildman–Crippen LogP) is 4.51. The molecule has 0 radical (unpaired) electrons. The molecule has 0 saturated heterocycles. The Hall–Kier alpha value is -7.16. The summed E-state index contributed by atoms with van der Waals surface area (Å²) >= 11 is 2.30.